The van der Waals surface area contributed by atoms with Crippen molar-refractivity contribution in [1.29, 1.82) is 0 Å². The molecule has 0 saturated carbocycles. The summed E-state index contributed by atoms with van der Waals surface area (Å²) in [6.45, 7) is 14.7. The minimum atomic E-state index is -0.464. The largest absolute Gasteiger partial charge is 0.509 e. The Morgan fingerprint density at radius 1 is 0.597 bits per heavy atom. The molecule has 0 spiro atoms. The normalized spacial score (nSPS) is 14.8. The molecule has 6 heteroatoms. The van der Waals surface area contributed by atoms with E-state index in [1.54, 1.807) is 35.0 Å². The van der Waals surface area contributed by atoms with Gasteiger partial charge in [-0.25, -0.2) is 4.98 Å². The van der Waals surface area contributed by atoms with E-state index in [1.165, 1.54) is 0 Å². The molecule has 9 aromatic rings. The predicted octanol–water partition coefficient (Wildman–Crippen LogP) is 14.9. The van der Waals surface area contributed by atoms with Gasteiger partial charge in [-0.2, -0.15) is 12.1 Å². The molecule has 0 fully saturated rings. The molecule has 0 radical (unpaired) electrons. The zero-order valence-corrected chi connectivity index (χ0v) is 37.3. The van der Waals surface area contributed by atoms with Gasteiger partial charge in [-0.1, -0.05) is 150 Å². The fourth-order valence-corrected chi connectivity index (χ4v) is 7.93. The van der Waals surface area contributed by atoms with E-state index in [4.69, 9.17) is 22.1 Å². The molecule has 62 heavy (non-hydrogen) atoms. The number of benzene rings is 7. The number of fused-ring (bicyclic) bond motifs is 4. The number of hydrogen-bond acceptors (Lipinski definition) is 4. The maximum absolute atomic E-state index is 9.09. The zero-order valence-electron chi connectivity index (χ0n) is 44.1. The number of pyridine rings is 1. The number of anilines is 4. The standard InChI is InChI=1S/C56H47N4O.Pt/c1-55(2,3)40-20-14-19-39(33-40)46-25-16-24-45(38-17-8-7-9-18-38)54(46)59-37-58(50-27-12-13-28-51(50)59)42-21-15-22-43(35-42)61-44-29-30-48-47-23-10-11-26-49(47)60(52(48)36-44)53-34-41(31-32-57-53)56(4,5)6;/h7-34,37H,1-6H3;/q-3;/i7D,8D,9D,10D,11D,17D,18D,23D,26D;. The third-order valence-electron chi connectivity index (χ3n) is 11.1. The Morgan fingerprint density at radius 2 is 1.26 bits per heavy atom. The fraction of sp³-hybridized carbons (Fsp3) is 0.143. The van der Waals surface area contributed by atoms with Crippen molar-refractivity contribution in [2.75, 3.05) is 9.80 Å². The first-order valence-corrected chi connectivity index (χ1v) is 20.2. The number of nitrogens with zero attached hydrogens (tertiary/aromatic N) is 4. The van der Waals surface area contributed by atoms with Gasteiger partial charge < -0.3 is 19.1 Å². The first-order chi connectivity index (χ1) is 33.2. The third-order valence-corrected chi connectivity index (χ3v) is 11.1. The van der Waals surface area contributed by atoms with Gasteiger partial charge in [0.15, 0.2) is 0 Å². The Bertz CT molecular complexity index is 3590. The Labute approximate surface area is 392 Å². The molecule has 10 rings (SSSR count). The summed E-state index contributed by atoms with van der Waals surface area (Å²) in [7, 11) is 0. The quantitative estimate of drug-likeness (QED) is 0.149. The van der Waals surface area contributed by atoms with Gasteiger partial charge in [0, 0.05) is 72.5 Å². The first kappa shape index (κ1) is 31.4. The number of aromatic nitrogens is 2. The van der Waals surface area contributed by atoms with Crippen molar-refractivity contribution in [3.05, 3.63) is 200 Å². The minimum absolute atomic E-state index is 0. The molecule has 0 N–H and O–H groups in total. The topological polar surface area (TPSA) is 33.5 Å². The van der Waals surface area contributed by atoms with Crippen molar-refractivity contribution < 1.29 is 38.1 Å². The van der Waals surface area contributed by atoms with E-state index in [9.17, 15) is 0 Å². The summed E-state index contributed by atoms with van der Waals surface area (Å²) in [5.41, 5.74) is 7.50. The van der Waals surface area contributed by atoms with Crippen molar-refractivity contribution >= 4 is 44.6 Å². The van der Waals surface area contributed by atoms with Gasteiger partial charge in [0.05, 0.1) is 12.3 Å². The molecule has 7 aromatic carbocycles. The Kier molecular flexibility index (Phi) is 8.17. The van der Waals surface area contributed by atoms with Crippen LogP contribution in [0, 0.1) is 18.8 Å². The van der Waals surface area contributed by atoms with Gasteiger partial charge in [-0.05, 0) is 68.8 Å². The monoisotopic (exact) mass is 995 g/mol. The van der Waals surface area contributed by atoms with E-state index in [0.717, 1.165) is 33.6 Å². The van der Waals surface area contributed by atoms with Crippen LogP contribution in [0.15, 0.2) is 170 Å². The second kappa shape index (κ2) is 16.1. The molecular formula is C56H47N4OPt-3. The van der Waals surface area contributed by atoms with Gasteiger partial charge >= 0.3 is 0 Å². The molecule has 0 unspecified atom stereocenters. The Balaban J connectivity index is 0.00000624. The molecule has 0 saturated heterocycles. The average Bonchev–Trinajstić information content (AvgIpc) is 3.90. The van der Waals surface area contributed by atoms with Crippen LogP contribution in [0.5, 0.6) is 11.5 Å². The second-order valence-electron chi connectivity index (χ2n) is 17.2. The molecular weight excluding hydrogens is 940 g/mol. The number of rotatable bonds is 7. The van der Waals surface area contributed by atoms with Crippen molar-refractivity contribution in [3.63, 3.8) is 0 Å². The smallest absolute Gasteiger partial charge is 0.135 e. The van der Waals surface area contributed by atoms with Crippen LogP contribution >= 0.6 is 0 Å². The second-order valence-corrected chi connectivity index (χ2v) is 17.2. The van der Waals surface area contributed by atoms with Crippen LogP contribution < -0.4 is 14.5 Å². The maximum Gasteiger partial charge on any atom is 0.135 e. The average molecular weight is 996 g/mol. The molecule has 0 atom stereocenters. The van der Waals surface area contributed by atoms with Gasteiger partial charge in [-0.3, -0.25) is 0 Å². The summed E-state index contributed by atoms with van der Waals surface area (Å²) in [5.74, 6) is 1.15. The number of hydrogen-bond donors (Lipinski definition) is 0. The van der Waals surface area contributed by atoms with Gasteiger partial charge in [0.25, 0.3) is 0 Å². The molecule has 2 aromatic heterocycles. The molecule has 1 aliphatic heterocycles. The third kappa shape index (κ3) is 7.49. The van der Waals surface area contributed by atoms with Crippen LogP contribution in [0.3, 0.4) is 0 Å². The van der Waals surface area contributed by atoms with Crippen LogP contribution in [-0.4, -0.2) is 9.55 Å². The maximum atomic E-state index is 9.09. The molecule has 5 nitrogen and oxygen atoms in total. The molecule has 0 bridgehead atoms. The van der Waals surface area contributed by atoms with Crippen LogP contribution in [0.1, 0.15) is 65.0 Å². The van der Waals surface area contributed by atoms with E-state index >= 15 is 0 Å². The molecule has 0 amide bonds. The minimum Gasteiger partial charge on any atom is -0.509 e. The molecule has 3 heterocycles. The molecule has 1 aliphatic rings. The molecule has 310 valence electrons. The summed E-state index contributed by atoms with van der Waals surface area (Å²) in [6, 6.07) is 38.6. The zero-order chi connectivity index (χ0) is 49.7. The summed E-state index contributed by atoms with van der Waals surface area (Å²) in [6.07, 6.45) is 1.70. The summed E-state index contributed by atoms with van der Waals surface area (Å²) < 4.78 is 87.2. The van der Waals surface area contributed by atoms with Crippen LogP contribution in [0.25, 0.3) is 49.9 Å². The van der Waals surface area contributed by atoms with Crippen molar-refractivity contribution in [2.45, 2.75) is 52.4 Å². The van der Waals surface area contributed by atoms with Gasteiger partial charge in [-0.15, -0.1) is 48.1 Å². The van der Waals surface area contributed by atoms with E-state index in [2.05, 4.69) is 65.8 Å². The van der Waals surface area contributed by atoms with Crippen molar-refractivity contribution in [2.24, 2.45) is 0 Å². The van der Waals surface area contributed by atoms with Crippen LogP contribution in [-0.2, 0) is 31.9 Å². The number of ether oxygens (including phenoxy) is 1. The van der Waals surface area contributed by atoms with Gasteiger partial charge in [0.1, 0.15) is 5.82 Å². The number of para-hydroxylation sites is 4. The van der Waals surface area contributed by atoms with E-state index in [0.29, 0.717) is 50.5 Å². The summed E-state index contributed by atoms with van der Waals surface area (Å²) in [4.78, 5) is 8.67. The summed E-state index contributed by atoms with van der Waals surface area (Å²) >= 11 is 0. The Hall–Kier alpha value is -6.42. The summed E-state index contributed by atoms with van der Waals surface area (Å²) in [5, 5.41) is 0.915. The fourth-order valence-electron chi connectivity index (χ4n) is 7.93. The van der Waals surface area contributed by atoms with E-state index in [-0.39, 0.29) is 79.2 Å². The van der Waals surface area contributed by atoms with E-state index < -0.39 is 18.1 Å². The molecule has 0 aliphatic carbocycles. The van der Waals surface area contributed by atoms with E-state index in [1.807, 2.05) is 89.3 Å². The van der Waals surface area contributed by atoms with Crippen LogP contribution in [0.4, 0.5) is 22.7 Å². The van der Waals surface area contributed by atoms with Crippen molar-refractivity contribution in [1.82, 2.24) is 9.55 Å². The van der Waals surface area contributed by atoms with Crippen LogP contribution in [0.2, 0.25) is 0 Å². The van der Waals surface area contributed by atoms with Crippen molar-refractivity contribution in [3.8, 4) is 39.6 Å². The van der Waals surface area contributed by atoms with Gasteiger partial charge in [0.2, 0.25) is 0 Å². The Morgan fingerprint density at radius 3 is 2.03 bits per heavy atom. The predicted molar refractivity (Wildman–Crippen MR) is 252 cm³/mol. The SMILES string of the molecule is [2H]c1c([2H])c([2H])c(-c2cccc(-c3cccc(C(C)(C)C)c3)c2N2[CH-]N(c3[c-]c(Oc4[c-]c5c(cc4)c4c([2H])c([2H])c([2H])c([2H])c4n5-c4cc(C(C)(C)C)ccn4)ccc3)c3ccccc32)c([2H])c1[2H].[Pt]. The first-order valence-electron chi connectivity index (χ1n) is 24.7.